The molecule has 1 aliphatic carbocycles. The summed E-state index contributed by atoms with van der Waals surface area (Å²) in [5.41, 5.74) is 3.54. The highest BCUT2D eigenvalue weighted by Crippen LogP contribution is 2.29. The minimum atomic E-state index is -0.284. The number of aryl methyl sites for hydroxylation is 1. The van der Waals surface area contributed by atoms with Crippen LogP contribution >= 0.6 is 0 Å². The lowest BCUT2D eigenvalue weighted by Crippen LogP contribution is -2.36. The second-order valence-electron chi connectivity index (χ2n) is 7.28. The van der Waals surface area contributed by atoms with Crippen LogP contribution in [0.5, 0.6) is 0 Å². The summed E-state index contributed by atoms with van der Waals surface area (Å²) in [7, 11) is 0. The molecule has 1 atom stereocenters. The van der Waals surface area contributed by atoms with Gasteiger partial charge in [0.05, 0.1) is 12.2 Å². The van der Waals surface area contributed by atoms with Gasteiger partial charge in [0.25, 0.3) is 5.56 Å². The molecule has 2 heterocycles. The number of H-pyrrole nitrogens is 1. The van der Waals surface area contributed by atoms with E-state index in [1.165, 1.54) is 15.8 Å². The van der Waals surface area contributed by atoms with Gasteiger partial charge in [-0.2, -0.15) is 5.10 Å². The van der Waals surface area contributed by atoms with Gasteiger partial charge in [-0.1, -0.05) is 42.5 Å². The van der Waals surface area contributed by atoms with Gasteiger partial charge in [-0.3, -0.25) is 9.59 Å². The highest BCUT2D eigenvalue weighted by atomic mass is 16.2. The number of hydrogen-bond acceptors (Lipinski definition) is 3. The standard InChI is InChI=1S/C22H20N4O2/c27-20(24-18-11-5-7-14-6-1-2-8-15(14)18)13-26-22(28)21-17(12-23-26)16-9-3-4-10-19(16)25-21/h1-4,6,8-10,12,18,25H,5,7,11,13H2,(H,24,27)/t18-/m1/s1. The molecule has 4 aromatic rings. The summed E-state index contributed by atoms with van der Waals surface area (Å²) in [5, 5.41) is 9.04. The van der Waals surface area contributed by atoms with Gasteiger partial charge in [0.15, 0.2) is 0 Å². The van der Waals surface area contributed by atoms with Crippen LogP contribution < -0.4 is 10.9 Å². The van der Waals surface area contributed by atoms with Crippen molar-refractivity contribution in [1.82, 2.24) is 20.1 Å². The summed E-state index contributed by atoms with van der Waals surface area (Å²) < 4.78 is 1.22. The normalized spacial score (nSPS) is 16.2. The van der Waals surface area contributed by atoms with E-state index in [0.29, 0.717) is 5.52 Å². The monoisotopic (exact) mass is 372 g/mol. The predicted octanol–water partition coefficient (Wildman–Crippen LogP) is 3.07. The van der Waals surface area contributed by atoms with Crippen molar-refractivity contribution in [1.29, 1.82) is 0 Å². The lowest BCUT2D eigenvalue weighted by Gasteiger charge is -2.26. The summed E-state index contributed by atoms with van der Waals surface area (Å²) in [4.78, 5) is 28.6. The smallest absolute Gasteiger partial charge is 0.291 e. The number of hydrogen-bond donors (Lipinski definition) is 2. The van der Waals surface area contributed by atoms with E-state index in [-0.39, 0.29) is 24.1 Å². The Balaban J connectivity index is 1.41. The highest BCUT2D eigenvalue weighted by Gasteiger charge is 2.22. The summed E-state index contributed by atoms with van der Waals surface area (Å²) in [6.07, 6.45) is 4.65. The number of aromatic amines is 1. The van der Waals surface area contributed by atoms with Crippen molar-refractivity contribution < 1.29 is 4.79 Å². The first-order chi connectivity index (χ1) is 13.7. The third-order valence-corrected chi connectivity index (χ3v) is 5.52. The van der Waals surface area contributed by atoms with Gasteiger partial charge in [0.2, 0.25) is 5.91 Å². The maximum atomic E-state index is 12.8. The number of carbonyl (C=O) groups excluding carboxylic acids is 1. The van der Waals surface area contributed by atoms with E-state index in [9.17, 15) is 9.59 Å². The zero-order valence-electron chi connectivity index (χ0n) is 15.3. The molecule has 6 heteroatoms. The number of benzene rings is 2. The Bertz CT molecular complexity index is 1250. The third kappa shape index (κ3) is 2.78. The lowest BCUT2D eigenvalue weighted by molar-refractivity contribution is -0.122. The minimum absolute atomic E-state index is 0.00930. The first-order valence-electron chi connectivity index (χ1n) is 9.54. The molecule has 0 radical (unpaired) electrons. The average Bonchev–Trinajstić information content (AvgIpc) is 3.10. The molecule has 0 saturated heterocycles. The Labute approximate surface area is 161 Å². The minimum Gasteiger partial charge on any atom is -0.350 e. The van der Waals surface area contributed by atoms with Crippen LogP contribution in [-0.4, -0.2) is 20.7 Å². The van der Waals surface area contributed by atoms with Crippen molar-refractivity contribution >= 4 is 27.7 Å². The Hall–Kier alpha value is -3.41. The van der Waals surface area contributed by atoms with E-state index in [1.807, 2.05) is 36.4 Å². The molecule has 5 rings (SSSR count). The number of aromatic nitrogens is 3. The largest absolute Gasteiger partial charge is 0.350 e. The SMILES string of the molecule is O=C(Cn1ncc2c([nH]c3ccccc32)c1=O)N[C@@H]1CCCc2ccccc21. The molecule has 2 aromatic heterocycles. The first kappa shape index (κ1) is 16.7. The van der Waals surface area contributed by atoms with Crippen molar-refractivity contribution in [2.45, 2.75) is 31.8 Å². The van der Waals surface area contributed by atoms with Crippen molar-refractivity contribution in [2.24, 2.45) is 0 Å². The van der Waals surface area contributed by atoms with Crippen LogP contribution in [0.4, 0.5) is 0 Å². The Morgan fingerprint density at radius 2 is 1.96 bits per heavy atom. The number of amides is 1. The number of carbonyl (C=O) groups is 1. The molecule has 0 saturated carbocycles. The van der Waals surface area contributed by atoms with Crippen molar-refractivity contribution in [3.8, 4) is 0 Å². The van der Waals surface area contributed by atoms with Crippen molar-refractivity contribution in [2.75, 3.05) is 0 Å². The molecule has 0 fully saturated rings. The van der Waals surface area contributed by atoms with Crippen LogP contribution in [-0.2, 0) is 17.8 Å². The number of rotatable bonds is 3. The number of nitrogens with one attached hydrogen (secondary N) is 2. The molecular weight excluding hydrogens is 352 g/mol. The summed E-state index contributed by atoms with van der Waals surface area (Å²) in [6, 6.07) is 15.9. The highest BCUT2D eigenvalue weighted by molar-refractivity contribution is 6.06. The number of fused-ring (bicyclic) bond motifs is 4. The third-order valence-electron chi connectivity index (χ3n) is 5.52. The van der Waals surface area contributed by atoms with Gasteiger partial charge in [0.1, 0.15) is 12.1 Å². The number of para-hydroxylation sites is 1. The van der Waals surface area contributed by atoms with Crippen LogP contribution in [0.2, 0.25) is 0 Å². The number of nitrogens with zero attached hydrogens (tertiary/aromatic N) is 2. The van der Waals surface area contributed by atoms with Gasteiger partial charge < -0.3 is 10.3 Å². The average molecular weight is 372 g/mol. The van der Waals surface area contributed by atoms with E-state index in [0.717, 1.165) is 35.6 Å². The van der Waals surface area contributed by atoms with E-state index >= 15 is 0 Å². The molecule has 6 nitrogen and oxygen atoms in total. The summed E-state index contributed by atoms with van der Waals surface area (Å²) in [6.45, 7) is -0.0944. The van der Waals surface area contributed by atoms with Gasteiger partial charge in [-0.15, -0.1) is 0 Å². The van der Waals surface area contributed by atoms with Gasteiger partial charge in [-0.05, 0) is 36.5 Å². The predicted molar refractivity (Wildman–Crippen MR) is 108 cm³/mol. The molecule has 0 bridgehead atoms. The van der Waals surface area contributed by atoms with Crippen LogP contribution in [0.25, 0.3) is 21.8 Å². The topological polar surface area (TPSA) is 79.8 Å². The molecule has 0 aliphatic heterocycles. The van der Waals surface area contributed by atoms with Gasteiger partial charge >= 0.3 is 0 Å². The molecular formula is C22H20N4O2. The zero-order valence-corrected chi connectivity index (χ0v) is 15.3. The van der Waals surface area contributed by atoms with Gasteiger partial charge in [-0.25, -0.2) is 4.68 Å². The quantitative estimate of drug-likeness (QED) is 0.580. The van der Waals surface area contributed by atoms with E-state index < -0.39 is 0 Å². The molecule has 2 aromatic carbocycles. The maximum absolute atomic E-state index is 12.8. The van der Waals surface area contributed by atoms with Crippen LogP contribution in [0, 0.1) is 0 Å². The fourth-order valence-electron chi connectivity index (χ4n) is 4.17. The summed E-state index contributed by atoms with van der Waals surface area (Å²) in [5.74, 6) is -0.202. The van der Waals surface area contributed by atoms with Crippen LogP contribution in [0.15, 0.2) is 59.5 Å². The van der Waals surface area contributed by atoms with Crippen LogP contribution in [0.3, 0.4) is 0 Å². The second-order valence-corrected chi connectivity index (χ2v) is 7.28. The molecule has 0 unspecified atom stereocenters. The van der Waals surface area contributed by atoms with E-state index in [4.69, 9.17) is 0 Å². The zero-order chi connectivity index (χ0) is 19.1. The van der Waals surface area contributed by atoms with Crippen molar-refractivity contribution in [3.05, 3.63) is 76.2 Å². The Kier molecular flexibility index (Phi) is 3.97. The van der Waals surface area contributed by atoms with E-state index in [2.05, 4.69) is 27.5 Å². The Morgan fingerprint density at radius 3 is 2.89 bits per heavy atom. The first-order valence-corrected chi connectivity index (χ1v) is 9.54. The Morgan fingerprint density at radius 1 is 1.14 bits per heavy atom. The van der Waals surface area contributed by atoms with Gasteiger partial charge in [0, 0.05) is 16.3 Å². The molecule has 140 valence electrons. The second kappa shape index (κ2) is 6.64. The van der Waals surface area contributed by atoms with Crippen molar-refractivity contribution in [3.63, 3.8) is 0 Å². The maximum Gasteiger partial charge on any atom is 0.291 e. The fraction of sp³-hybridized carbons (Fsp3) is 0.227. The van der Waals surface area contributed by atoms with Crippen LogP contribution in [0.1, 0.15) is 30.0 Å². The molecule has 28 heavy (non-hydrogen) atoms. The molecule has 2 N–H and O–H groups in total. The molecule has 1 aliphatic rings. The fourth-order valence-corrected chi connectivity index (χ4v) is 4.17. The lowest BCUT2D eigenvalue weighted by atomic mass is 9.88. The molecule has 1 amide bonds. The summed E-state index contributed by atoms with van der Waals surface area (Å²) >= 11 is 0. The molecule has 0 spiro atoms. The van der Waals surface area contributed by atoms with E-state index in [1.54, 1.807) is 6.20 Å².